The highest BCUT2D eigenvalue weighted by Crippen LogP contribution is 2.41. The molecule has 8 heteroatoms. The lowest BCUT2D eigenvalue weighted by Crippen LogP contribution is -2.37. The van der Waals surface area contributed by atoms with Crippen LogP contribution in [0.2, 0.25) is 0 Å². The van der Waals surface area contributed by atoms with Crippen molar-refractivity contribution in [1.82, 2.24) is 0 Å². The second kappa shape index (κ2) is 6.12. The minimum Gasteiger partial charge on any atom is -0.316 e. The van der Waals surface area contributed by atoms with Crippen molar-refractivity contribution in [3.8, 4) is 0 Å². The van der Waals surface area contributed by atoms with Crippen molar-refractivity contribution < 1.29 is 13.2 Å². The second-order valence-corrected chi connectivity index (χ2v) is 9.90. The molecule has 1 aromatic rings. The number of rotatable bonds is 2. The standard InChI is InChI=1S/C14H15IN2O3S2/c1-2-13(18)16-14-17(10-5-3-4-9(15)6-10)11-7-22(19,20)8-12(11)21-14/h3-6,11-12H,2,7-8H2,1H3/t11-,12+/m1/s1. The van der Waals surface area contributed by atoms with Crippen LogP contribution in [0, 0.1) is 3.57 Å². The minimum absolute atomic E-state index is 0.0497. The maximum Gasteiger partial charge on any atom is 0.247 e. The van der Waals surface area contributed by atoms with Gasteiger partial charge in [0.15, 0.2) is 15.0 Å². The molecule has 0 N–H and O–H groups in total. The predicted molar refractivity (Wildman–Crippen MR) is 98.2 cm³/mol. The molecule has 0 spiro atoms. The van der Waals surface area contributed by atoms with Crippen LogP contribution in [0.25, 0.3) is 0 Å². The summed E-state index contributed by atoms with van der Waals surface area (Å²) in [6.45, 7) is 1.77. The molecule has 1 amide bonds. The summed E-state index contributed by atoms with van der Waals surface area (Å²) in [5, 5.41) is 0.574. The second-order valence-electron chi connectivity index (χ2n) is 5.29. The number of benzene rings is 1. The van der Waals surface area contributed by atoms with Crippen LogP contribution in [0.15, 0.2) is 29.3 Å². The van der Waals surface area contributed by atoms with E-state index in [0.717, 1.165) is 9.26 Å². The van der Waals surface area contributed by atoms with Crippen molar-refractivity contribution in [2.75, 3.05) is 16.4 Å². The monoisotopic (exact) mass is 450 g/mol. The number of carbonyl (C=O) groups excluding carboxylic acids is 1. The predicted octanol–water partition coefficient (Wildman–Crippen LogP) is 2.30. The maximum absolute atomic E-state index is 11.9. The van der Waals surface area contributed by atoms with E-state index in [9.17, 15) is 13.2 Å². The number of anilines is 1. The number of aliphatic imine (C=N–C) groups is 1. The van der Waals surface area contributed by atoms with E-state index in [1.165, 1.54) is 11.8 Å². The van der Waals surface area contributed by atoms with Gasteiger partial charge < -0.3 is 4.90 Å². The summed E-state index contributed by atoms with van der Waals surface area (Å²) >= 11 is 3.63. The minimum atomic E-state index is -3.02. The fourth-order valence-corrected chi connectivity index (χ4v) is 7.14. The molecule has 22 heavy (non-hydrogen) atoms. The Labute approximate surface area is 147 Å². The first kappa shape index (κ1) is 16.3. The molecule has 2 saturated heterocycles. The SMILES string of the molecule is CCC(=O)N=C1S[C@H]2CS(=O)(=O)C[C@H]2N1c1cccc(I)c1. The summed E-state index contributed by atoms with van der Waals surface area (Å²) in [5.41, 5.74) is 0.895. The number of fused-ring (bicyclic) bond motifs is 1. The molecule has 1 aromatic carbocycles. The lowest BCUT2D eigenvalue weighted by Gasteiger charge is -2.24. The Morgan fingerprint density at radius 3 is 2.91 bits per heavy atom. The van der Waals surface area contributed by atoms with Crippen LogP contribution in [0.5, 0.6) is 0 Å². The average molecular weight is 450 g/mol. The number of amides is 1. The third-order valence-corrected chi connectivity index (χ3v) is 7.56. The summed E-state index contributed by atoms with van der Waals surface area (Å²) in [6, 6.07) is 7.68. The van der Waals surface area contributed by atoms with Crippen molar-refractivity contribution in [3.05, 3.63) is 27.8 Å². The summed E-state index contributed by atoms with van der Waals surface area (Å²) in [7, 11) is -3.02. The number of carbonyl (C=O) groups is 1. The Morgan fingerprint density at radius 2 is 2.23 bits per heavy atom. The van der Waals surface area contributed by atoms with E-state index in [0.29, 0.717) is 11.6 Å². The highest BCUT2D eigenvalue weighted by Gasteiger charge is 2.49. The molecule has 0 radical (unpaired) electrons. The number of hydrogen-bond donors (Lipinski definition) is 0. The largest absolute Gasteiger partial charge is 0.316 e. The number of halogens is 1. The van der Waals surface area contributed by atoms with E-state index in [1.807, 2.05) is 29.2 Å². The summed E-state index contributed by atoms with van der Waals surface area (Å²) < 4.78 is 24.9. The molecular formula is C14H15IN2O3S2. The Balaban J connectivity index is 2.03. The van der Waals surface area contributed by atoms with Crippen molar-refractivity contribution in [2.24, 2.45) is 4.99 Å². The molecule has 0 aromatic heterocycles. The van der Waals surface area contributed by atoms with E-state index >= 15 is 0 Å². The van der Waals surface area contributed by atoms with E-state index in [2.05, 4.69) is 27.6 Å². The van der Waals surface area contributed by atoms with E-state index in [4.69, 9.17) is 0 Å². The molecule has 2 aliphatic rings. The third-order valence-electron chi connectivity index (χ3n) is 3.68. The van der Waals surface area contributed by atoms with Gasteiger partial charge in [0.1, 0.15) is 0 Å². The van der Waals surface area contributed by atoms with E-state index in [1.54, 1.807) is 6.92 Å². The van der Waals surface area contributed by atoms with Crippen molar-refractivity contribution in [3.63, 3.8) is 0 Å². The molecule has 0 saturated carbocycles. The molecule has 2 aliphatic heterocycles. The first-order valence-electron chi connectivity index (χ1n) is 6.93. The molecule has 5 nitrogen and oxygen atoms in total. The van der Waals surface area contributed by atoms with Gasteiger partial charge in [0.2, 0.25) is 5.91 Å². The van der Waals surface area contributed by atoms with Gasteiger partial charge in [-0.1, -0.05) is 24.8 Å². The van der Waals surface area contributed by atoms with Crippen molar-refractivity contribution >= 4 is 61.0 Å². The fourth-order valence-electron chi connectivity index (χ4n) is 2.68. The Bertz CT molecular complexity index is 748. The zero-order chi connectivity index (χ0) is 15.9. The molecule has 3 rings (SSSR count). The zero-order valence-electron chi connectivity index (χ0n) is 11.9. The van der Waals surface area contributed by atoms with Gasteiger partial charge in [-0.05, 0) is 40.8 Å². The summed E-state index contributed by atoms with van der Waals surface area (Å²) in [6.07, 6.45) is 0.345. The first-order chi connectivity index (χ1) is 10.4. The number of amidine groups is 1. The van der Waals surface area contributed by atoms with Crippen LogP contribution in [0.3, 0.4) is 0 Å². The number of hydrogen-bond acceptors (Lipinski definition) is 4. The van der Waals surface area contributed by atoms with Gasteiger partial charge in [0.25, 0.3) is 0 Å². The lowest BCUT2D eigenvalue weighted by atomic mass is 10.2. The van der Waals surface area contributed by atoms with Gasteiger partial charge in [-0.3, -0.25) is 4.79 Å². The first-order valence-corrected chi connectivity index (χ1v) is 10.7. The van der Waals surface area contributed by atoms with Gasteiger partial charge >= 0.3 is 0 Å². The Hall–Kier alpha value is -0.610. The van der Waals surface area contributed by atoms with Gasteiger partial charge in [-0.15, -0.1) is 0 Å². The van der Waals surface area contributed by atoms with Crippen LogP contribution in [0.1, 0.15) is 13.3 Å². The molecule has 0 unspecified atom stereocenters. The van der Waals surface area contributed by atoms with Crippen molar-refractivity contribution in [1.29, 1.82) is 0 Å². The highest BCUT2D eigenvalue weighted by atomic mass is 127. The van der Waals surface area contributed by atoms with Gasteiger partial charge in [-0.25, -0.2) is 8.42 Å². The van der Waals surface area contributed by atoms with E-state index < -0.39 is 9.84 Å². The molecule has 118 valence electrons. The fraction of sp³-hybridized carbons (Fsp3) is 0.429. The molecule has 0 aliphatic carbocycles. The smallest absolute Gasteiger partial charge is 0.247 e. The molecule has 2 atom stereocenters. The Morgan fingerprint density at radius 1 is 1.45 bits per heavy atom. The molecular weight excluding hydrogens is 435 g/mol. The number of sulfone groups is 1. The van der Waals surface area contributed by atoms with Gasteiger partial charge in [0.05, 0.1) is 17.5 Å². The Kier molecular flexibility index (Phi) is 4.52. The highest BCUT2D eigenvalue weighted by molar-refractivity contribution is 14.1. The molecule has 2 fully saturated rings. The topological polar surface area (TPSA) is 66.8 Å². The number of nitrogens with zero attached hydrogens (tertiary/aromatic N) is 2. The molecule has 0 bridgehead atoms. The third kappa shape index (κ3) is 3.18. The van der Waals surface area contributed by atoms with Crippen LogP contribution < -0.4 is 4.90 Å². The maximum atomic E-state index is 11.9. The lowest BCUT2D eigenvalue weighted by molar-refractivity contribution is -0.117. The van der Waals surface area contributed by atoms with Crippen LogP contribution in [0.4, 0.5) is 5.69 Å². The molecule has 2 heterocycles. The van der Waals surface area contributed by atoms with Crippen LogP contribution in [-0.4, -0.2) is 42.3 Å². The zero-order valence-corrected chi connectivity index (χ0v) is 15.7. The van der Waals surface area contributed by atoms with Crippen LogP contribution in [-0.2, 0) is 14.6 Å². The van der Waals surface area contributed by atoms with Gasteiger partial charge in [-0.2, -0.15) is 4.99 Å². The average Bonchev–Trinajstić information content (AvgIpc) is 2.89. The summed E-state index contributed by atoms with van der Waals surface area (Å²) in [5.74, 6) is 0.0957. The quantitative estimate of drug-likeness (QED) is 0.648. The van der Waals surface area contributed by atoms with Gasteiger partial charge in [0, 0.05) is 20.9 Å². The van der Waals surface area contributed by atoms with E-state index in [-0.39, 0.29) is 28.7 Å². The van der Waals surface area contributed by atoms with Crippen molar-refractivity contribution in [2.45, 2.75) is 24.6 Å². The summed E-state index contributed by atoms with van der Waals surface area (Å²) in [4.78, 5) is 17.8. The number of thioether (sulfide) groups is 1. The normalized spacial score (nSPS) is 28.1. The van der Waals surface area contributed by atoms with Crippen LogP contribution >= 0.6 is 34.4 Å².